The summed E-state index contributed by atoms with van der Waals surface area (Å²) >= 11 is 0. The van der Waals surface area contributed by atoms with Crippen molar-refractivity contribution in [3.8, 4) is 0 Å². The Bertz CT molecular complexity index is 848. The number of ether oxygens (including phenoxy) is 2. The first-order chi connectivity index (χ1) is 11.4. The largest absolute Gasteiger partial charge is 0.347 e. The second kappa shape index (κ2) is 5.51. The number of nitrogens with zero attached hydrogens (tertiary/aromatic N) is 2. The van der Waals surface area contributed by atoms with Gasteiger partial charge in [-0.05, 0) is 12.1 Å². The second-order valence-corrected chi connectivity index (χ2v) is 12.9. The van der Waals surface area contributed by atoms with Crippen LogP contribution < -0.4 is 10.7 Å². The van der Waals surface area contributed by atoms with Crippen LogP contribution in [0.1, 0.15) is 18.7 Å². The van der Waals surface area contributed by atoms with Gasteiger partial charge in [0.1, 0.15) is 5.82 Å². The Labute approximate surface area is 142 Å². The third-order valence-electron chi connectivity index (χ3n) is 5.16. The number of hydrogen-bond acceptors (Lipinski definition) is 4. The minimum Gasteiger partial charge on any atom is -0.347 e. The van der Waals surface area contributed by atoms with Gasteiger partial charge in [-0.1, -0.05) is 30.9 Å². The minimum absolute atomic E-state index is 0.0622. The standard InChI is InChI=1S/C18H24N2O3Si/c1-24(2,3)13-4-5-14-15(12-13)19-16-6-7-18(22-10-11-23-18)8-9-20(16)17(14)21/h4-5,12H,6-11H2,1-3H3. The molecule has 5 nitrogen and oxygen atoms in total. The van der Waals surface area contributed by atoms with E-state index >= 15 is 0 Å². The highest BCUT2D eigenvalue weighted by atomic mass is 28.3. The molecule has 0 radical (unpaired) electrons. The Kier molecular flexibility index (Phi) is 3.67. The van der Waals surface area contributed by atoms with Gasteiger partial charge in [-0.25, -0.2) is 4.98 Å². The SMILES string of the molecule is C[Si](C)(C)c1ccc2c(=O)n3c(nc2c1)CCC1(CC3)OCCO1. The first-order valence-corrected chi connectivity index (χ1v) is 12.2. The Morgan fingerprint density at radius 1 is 1.17 bits per heavy atom. The molecule has 1 saturated heterocycles. The molecule has 0 N–H and O–H groups in total. The summed E-state index contributed by atoms with van der Waals surface area (Å²) in [7, 11) is -1.43. The van der Waals surface area contributed by atoms with Crippen LogP contribution in [0.3, 0.4) is 0 Å². The van der Waals surface area contributed by atoms with Crippen LogP contribution in [0.2, 0.25) is 19.6 Å². The van der Waals surface area contributed by atoms with Gasteiger partial charge in [0, 0.05) is 25.8 Å². The Hall–Kier alpha value is -1.50. The first kappa shape index (κ1) is 16.0. The maximum atomic E-state index is 12.9. The molecule has 0 atom stereocenters. The van der Waals surface area contributed by atoms with Crippen LogP contribution in [-0.4, -0.2) is 36.6 Å². The number of aromatic nitrogens is 2. The predicted octanol–water partition coefficient (Wildman–Crippen LogP) is 2.02. The molecule has 0 bridgehead atoms. The van der Waals surface area contributed by atoms with Crippen LogP contribution in [0.5, 0.6) is 0 Å². The summed E-state index contributed by atoms with van der Waals surface area (Å²) in [5, 5.41) is 2.05. The van der Waals surface area contributed by atoms with Crippen molar-refractivity contribution >= 4 is 24.2 Å². The van der Waals surface area contributed by atoms with Crippen LogP contribution in [0.15, 0.2) is 23.0 Å². The smallest absolute Gasteiger partial charge is 0.261 e. The summed E-state index contributed by atoms with van der Waals surface area (Å²) in [6.45, 7) is 8.81. The van der Waals surface area contributed by atoms with E-state index in [9.17, 15) is 4.79 Å². The molecular formula is C18H24N2O3Si. The normalized spacial score (nSPS) is 20.3. The van der Waals surface area contributed by atoms with E-state index in [1.54, 1.807) is 0 Å². The average Bonchev–Trinajstić information content (AvgIpc) is 2.92. The maximum Gasteiger partial charge on any atom is 0.261 e. The zero-order valence-corrected chi connectivity index (χ0v) is 15.6. The van der Waals surface area contributed by atoms with Gasteiger partial charge < -0.3 is 9.47 Å². The van der Waals surface area contributed by atoms with Gasteiger partial charge in [0.2, 0.25) is 0 Å². The quantitative estimate of drug-likeness (QED) is 0.743. The van der Waals surface area contributed by atoms with Gasteiger partial charge in [-0.15, -0.1) is 0 Å². The lowest BCUT2D eigenvalue weighted by Crippen LogP contribution is -2.37. The second-order valence-electron chi connectivity index (χ2n) is 7.82. The van der Waals surface area contributed by atoms with Crippen LogP contribution in [0.25, 0.3) is 10.9 Å². The fourth-order valence-corrected chi connectivity index (χ4v) is 4.80. The molecule has 0 unspecified atom stereocenters. The van der Waals surface area contributed by atoms with Crippen molar-refractivity contribution in [1.82, 2.24) is 9.55 Å². The molecule has 6 heteroatoms. The van der Waals surface area contributed by atoms with Crippen LogP contribution in [0, 0.1) is 0 Å². The average molecular weight is 344 g/mol. The topological polar surface area (TPSA) is 53.4 Å². The third-order valence-corrected chi connectivity index (χ3v) is 7.20. The van der Waals surface area contributed by atoms with Gasteiger partial charge in [0.05, 0.1) is 32.2 Å². The summed E-state index contributed by atoms with van der Waals surface area (Å²) in [5.74, 6) is 0.340. The van der Waals surface area contributed by atoms with E-state index in [2.05, 4.69) is 31.8 Å². The molecule has 1 aromatic carbocycles. The summed E-state index contributed by atoms with van der Waals surface area (Å²) in [6, 6.07) is 6.17. The lowest BCUT2D eigenvalue weighted by molar-refractivity contribution is -0.165. The van der Waals surface area contributed by atoms with E-state index in [1.165, 1.54) is 5.19 Å². The third kappa shape index (κ3) is 2.62. The van der Waals surface area contributed by atoms with Gasteiger partial charge >= 0.3 is 0 Å². The van der Waals surface area contributed by atoms with Crippen molar-refractivity contribution in [1.29, 1.82) is 0 Å². The minimum atomic E-state index is -1.43. The fourth-order valence-electron chi connectivity index (χ4n) is 3.65. The Balaban J connectivity index is 1.80. The molecule has 128 valence electrons. The molecule has 1 spiro atoms. The van der Waals surface area contributed by atoms with E-state index in [1.807, 2.05) is 10.6 Å². The molecule has 4 rings (SSSR count). The maximum absolute atomic E-state index is 12.9. The monoisotopic (exact) mass is 344 g/mol. The van der Waals surface area contributed by atoms with E-state index < -0.39 is 13.9 Å². The van der Waals surface area contributed by atoms with Crippen molar-refractivity contribution in [2.24, 2.45) is 0 Å². The molecule has 0 amide bonds. The van der Waals surface area contributed by atoms with Crippen LogP contribution >= 0.6 is 0 Å². The van der Waals surface area contributed by atoms with Gasteiger partial charge in [-0.3, -0.25) is 9.36 Å². The molecule has 24 heavy (non-hydrogen) atoms. The van der Waals surface area contributed by atoms with Gasteiger partial charge in [0.25, 0.3) is 5.56 Å². The van der Waals surface area contributed by atoms with E-state index in [-0.39, 0.29) is 5.56 Å². The van der Waals surface area contributed by atoms with Crippen molar-refractivity contribution in [3.05, 3.63) is 34.4 Å². The number of fused-ring (bicyclic) bond motifs is 2. The molecule has 1 fully saturated rings. The number of aryl methyl sites for hydroxylation is 1. The number of rotatable bonds is 1. The number of hydrogen-bond donors (Lipinski definition) is 0. The number of benzene rings is 1. The van der Waals surface area contributed by atoms with Crippen molar-refractivity contribution in [3.63, 3.8) is 0 Å². The van der Waals surface area contributed by atoms with E-state index in [0.29, 0.717) is 38.0 Å². The summed E-state index contributed by atoms with van der Waals surface area (Å²) < 4.78 is 13.5. The Morgan fingerprint density at radius 2 is 1.92 bits per heavy atom. The predicted molar refractivity (Wildman–Crippen MR) is 96.6 cm³/mol. The molecule has 2 aliphatic heterocycles. The fraction of sp³-hybridized carbons (Fsp3) is 0.556. The lowest BCUT2D eigenvalue weighted by Gasteiger charge is -2.24. The van der Waals surface area contributed by atoms with Crippen LogP contribution in [-0.2, 0) is 22.4 Å². The molecule has 1 aromatic heterocycles. The van der Waals surface area contributed by atoms with E-state index in [4.69, 9.17) is 14.5 Å². The highest BCUT2D eigenvalue weighted by Crippen LogP contribution is 2.31. The zero-order chi connectivity index (χ0) is 16.9. The molecular weight excluding hydrogens is 320 g/mol. The Morgan fingerprint density at radius 3 is 2.62 bits per heavy atom. The zero-order valence-electron chi connectivity index (χ0n) is 14.6. The van der Waals surface area contributed by atoms with Crippen molar-refractivity contribution in [2.45, 2.75) is 51.2 Å². The molecule has 3 heterocycles. The summed E-state index contributed by atoms with van der Waals surface area (Å²) in [4.78, 5) is 17.8. The van der Waals surface area contributed by atoms with Crippen molar-refractivity contribution in [2.75, 3.05) is 13.2 Å². The molecule has 2 aliphatic rings. The molecule has 0 aliphatic carbocycles. The van der Waals surface area contributed by atoms with Crippen molar-refractivity contribution < 1.29 is 9.47 Å². The first-order valence-electron chi connectivity index (χ1n) is 8.70. The van der Waals surface area contributed by atoms with Gasteiger partial charge in [0.15, 0.2) is 5.79 Å². The highest BCUT2D eigenvalue weighted by molar-refractivity contribution is 6.88. The summed E-state index contributed by atoms with van der Waals surface area (Å²) in [6.07, 6.45) is 2.18. The lowest BCUT2D eigenvalue weighted by atomic mass is 10.1. The highest BCUT2D eigenvalue weighted by Gasteiger charge is 2.38. The summed E-state index contributed by atoms with van der Waals surface area (Å²) in [5.41, 5.74) is 0.891. The van der Waals surface area contributed by atoms with Gasteiger partial charge in [-0.2, -0.15) is 0 Å². The van der Waals surface area contributed by atoms with E-state index in [0.717, 1.165) is 17.8 Å². The molecule has 0 saturated carbocycles. The molecule has 2 aromatic rings. The van der Waals surface area contributed by atoms with Crippen LogP contribution in [0.4, 0.5) is 0 Å².